The Labute approximate surface area is 98.1 Å². The van der Waals surface area contributed by atoms with Crippen molar-refractivity contribution < 1.29 is 9.53 Å². The van der Waals surface area contributed by atoms with Crippen molar-refractivity contribution in [2.45, 2.75) is 45.6 Å². The first kappa shape index (κ1) is 11.9. The lowest BCUT2D eigenvalue weighted by Gasteiger charge is -2.17. The van der Waals surface area contributed by atoms with Crippen molar-refractivity contribution in [3.63, 3.8) is 0 Å². The summed E-state index contributed by atoms with van der Waals surface area (Å²) in [5.41, 5.74) is 0. The van der Waals surface area contributed by atoms with Gasteiger partial charge in [0, 0.05) is 26.1 Å². The quantitative estimate of drug-likeness (QED) is 0.717. The molecule has 1 amide bonds. The second kappa shape index (κ2) is 5.17. The number of nitrogens with zero attached hydrogens (tertiary/aromatic N) is 1. The molecular weight excluding hydrogens is 202 g/mol. The molecule has 2 aliphatic rings. The van der Waals surface area contributed by atoms with Crippen LogP contribution in [0.2, 0.25) is 0 Å². The highest BCUT2D eigenvalue weighted by Gasteiger charge is 2.29. The van der Waals surface area contributed by atoms with E-state index in [1.165, 1.54) is 12.8 Å². The van der Waals surface area contributed by atoms with Crippen LogP contribution in [0.1, 0.15) is 39.5 Å². The van der Waals surface area contributed by atoms with E-state index in [9.17, 15) is 4.79 Å². The molecule has 92 valence electrons. The predicted molar refractivity (Wildman–Crippen MR) is 63.1 cm³/mol. The molecule has 3 heteroatoms. The molecule has 0 radical (unpaired) electrons. The fourth-order valence-electron chi connectivity index (χ4n) is 2.13. The van der Waals surface area contributed by atoms with E-state index in [4.69, 9.17) is 4.74 Å². The third-order valence-electron chi connectivity index (χ3n) is 3.35. The summed E-state index contributed by atoms with van der Waals surface area (Å²) in [7, 11) is 0. The lowest BCUT2D eigenvalue weighted by Crippen LogP contribution is -2.31. The Morgan fingerprint density at radius 2 is 2.12 bits per heavy atom. The van der Waals surface area contributed by atoms with Crippen LogP contribution in [0.4, 0.5) is 0 Å². The number of likely N-dealkylation sites (tertiary alicyclic amines) is 1. The Morgan fingerprint density at radius 1 is 1.38 bits per heavy atom. The molecule has 0 aromatic rings. The van der Waals surface area contributed by atoms with E-state index in [1.807, 2.05) is 4.90 Å². The molecule has 0 unspecified atom stereocenters. The Balaban J connectivity index is 1.67. The molecule has 16 heavy (non-hydrogen) atoms. The fourth-order valence-corrected chi connectivity index (χ4v) is 2.13. The van der Waals surface area contributed by atoms with Gasteiger partial charge in [0.15, 0.2) is 0 Å². The van der Waals surface area contributed by atoms with Crippen LogP contribution < -0.4 is 0 Å². The lowest BCUT2D eigenvalue weighted by molar-refractivity contribution is -0.131. The van der Waals surface area contributed by atoms with E-state index in [-0.39, 0.29) is 0 Å². The molecule has 2 rings (SSSR count). The second-order valence-corrected chi connectivity index (χ2v) is 5.63. The maximum Gasteiger partial charge on any atom is 0.222 e. The van der Waals surface area contributed by atoms with Crippen molar-refractivity contribution in [2.24, 2.45) is 11.8 Å². The van der Waals surface area contributed by atoms with Crippen molar-refractivity contribution in [1.82, 2.24) is 4.90 Å². The molecule has 1 aliphatic heterocycles. The van der Waals surface area contributed by atoms with Crippen molar-refractivity contribution in [3.8, 4) is 0 Å². The van der Waals surface area contributed by atoms with Crippen LogP contribution in [0.25, 0.3) is 0 Å². The second-order valence-electron chi connectivity index (χ2n) is 5.63. The zero-order valence-corrected chi connectivity index (χ0v) is 10.4. The van der Waals surface area contributed by atoms with Crippen LogP contribution in [-0.2, 0) is 9.53 Å². The number of carbonyl (C=O) groups excluding carboxylic acids is 1. The number of amides is 1. The first-order valence-corrected chi connectivity index (χ1v) is 6.54. The molecule has 1 atom stereocenters. The number of hydrogen-bond acceptors (Lipinski definition) is 2. The number of rotatable bonds is 5. The van der Waals surface area contributed by atoms with Crippen LogP contribution >= 0.6 is 0 Å². The predicted octanol–water partition coefficient (Wildman–Crippen LogP) is 2.06. The minimum atomic E-state index is 0.299. The topological polar surface area (TPSA) is 29.5 Å². The number of ether oxygens (including phenoxy) is 1. The van der Waals surface area contributed by atoms with Gasteiger partial charge in [0.1, 0.15) is 0 Å². The third-order valence-corrected chi connectivity index (χ3v) is 3.35. The summed E-state index contributed by atoms with van der Waals surface area (Å²) < 4.78 is 5.82. The Hall–Kier alpha value is -0.570. The van der Waals surface area contributed by atoms with Crippen molar-refractivity contribution in [1.29, 1.82) is 0 Å². The van der Waals surface area contributed by atoms with Crippen molar-refractivity contribution >= 4 is 5.91 Å². The third kappa shape index (κ3) is 3.48. The molecule has 3 nitrogen and oxygen atoms in total. The van der Waals surface area contributed by atoms with Crippen molar-refractivity contribution in [2.75, 3.05) is 19.7 Å². The van der Waals surface area contributed by atoms with Gasteiger partial charge < -0.3 is 9.64 Å². The molecular formula is C13H23NO2. The number of hydrogen-bond donors (Lipinski definition) is 0. The van der Waals surface area contributed by atoms with Gasteiger partial charge in [-0.25, -0.2) is 0 Å². The van der Waals surface area contributed by atoms with Gasteiger partial charge in [-0.2, -0.15) is 0 Å². The average Bonchev–Trinajstić information content (AvgIpc) is 2.92. The van der Waals surface area contributed by atoms with Gasteiger partial charge in [0.05, 0.1) is 6.10 Å². The molecule has 1 saturated heterocycles. The molecule has 2 fully saturated rings. The zero-order chi connectivity index (χ0) is 11.5. The van der Waals surface area contributed by atoms with Gasteiger partial charge in [-0.1, -0.05) is 13.8 Å². The summed E-state index contributed by atoms with van der Waals surface area (Å²) in [4.78, 5) is 13.8. The summed E-state index contributed by atoms with van der Waals surface area (Å²) in [6.07, 6.45) is 4.67. The molecule has 1 saturated carbocycles. The maximum atomic E-state index is 11.8. The summed E-state index contributed by atoms with van der Waals surface area (Å²) in [6.45, 7) is 6.81. The Kier molecular flexibility index (Phi) is 3.85. The number of carbonyl (C=O) groups is 1. The van der Waals surface area contributed by atoms with Crippen LogP contribution in [0.15, 0.2) is 0 Å². The first-order valence-electron chi connectivity index (χ1n) is 6.54. The minimum absolute atomic E-state index is 0.299. The van der Waals surface area contributed by atoms with E-state index in [0.717, 1.165) is 32.0 Å². The highest BCUT2D eigenvalue weighted by molar-refractivity contribution is 5.76. The maximum absolute atomic E-state index is 11.8. The van der Waals surface area contributed by atoms with Gasteiger partial charge in [0.2, 0.25) is 5.91 Å². The summed E-state index contributed by atoms with van der Waals surface area (Å²) >= 11 is 0. The van der Waals surface area contributed by atoms with Gasteiger partial charge in [-0.05, 0) is 31.1 Å². The van der Waals surface area contributed by atoms with Gasteiger partial charge in [0.25, 0.3) is 0 Å². The van der Waals surface area contributed by atoms with Crippen LogP contribution in [0, 0.1) is 11.8 Å². The molecule has 0 aromatic carbocycles. The SMILES string of the molecule is CC(C)CC(=O)N1CC[C@@H](OCC2CC2)C1. The monoisotopic (exact) mass is 225 g/mol. The largest absolute Gasteiger partial charge is 0.376 e. The molecule has 0 aromatic heterocycles. The van der Waals surface area contributed by atoms with E-state index in [2.05, 4.69) is 13.8 Å². The molecule has 1 heterocycles. The summed E-state index contributed by atoms with van der Waals surface area (Å²) in [5, 5.41) is 0. The molecule has 1 aliphatic carbocycles. The van der Waals surface area contributed by atoms with Crippen LogP contribution in [0.3, 0.4) is 0 Å². The fraction of sp³-hybridized carbons (Fsp3) is 0.923. The molecule has 0 N–H and O–H groups in total. The van der Waals surface area contributed by atoms with E-state index < -0.39 is 0 Å². The minimum Gasteiger partial charge on any atom is -0.376 e. The Morgan fingerprint density at radius 3 is 2.75 bits per heavy atom. The Bertz CT molecular complexity index is 248. The average molecular weight is 225 g/mol. The summed E-state index contributed by atoms with van der Waals surface area (Å²) in [5.74, 6) is 1.58. The zero-order valence-electron chi connectivity index (χ0n) is 10.4. The molecule has 0 spiro atoms. The van der Waals surface area contributed by atoms with E-state index in [0.29, 0.717) is 24.3 Å². The van der Waals surface area contributed by atoms with Crippen molar-refractivity contribution in [3.05, 3.63) is 0 Å². The smallest absolute Gasteiger partial charge is 0.222 e. The molecule has 0 bridgehead atoms. The van der Waals surface area contributed by atoms with E-state index >= 15 is 0 Å². The van der Waals surface area contributed by atoms with Gasteiger partial charge in [-0.3, -0.25) is 4.79 Å². The lowest BCUT2D eigenvalue weighted by atomic mass is 10.1. The first-order chi connectivity index (χ1) is 7.65. The van der Waals surface area contributed by atoms with Gasteiger partial charge in [-0.15, -0.1) is 0 Å². The highest BCUT2D eigenvalue weighted by atomic mass is 16.5. The van der Waals surface area contributed by atoms with Gasteiger partial charge >= 0.3 is 0 Å². The van der Waals surface area contributed by atoms with E-state index in [1.54, 1.807) is 0 Å². The standard InChI is InChI=1S/C13H23NO2/c1-10(2)7-13(15)14-6-5-12(8-14)16-9-11-3-4-11/h10-12H,3-9H2,1-2H3/t12-/m1/s1. The summed E-state index contributed by atoms with van der Waals surface area (Å²) in [6, 6.07) is 0. The normalized spacial score (nSPS) is 25.4. The van der Waals surface area contributed by atoms with Crippen LogP contribution in [-0.4, -0.2) is 36.6 Å². The highest BCUT2D eigenvalue weighted by Crippen LogP contribution is 2.30. The van der Waals surface area contributed by atoms with Crippen LogP contribution in [0.5, 0.6) is 0 Å².